The van der Waals surface area contributed by atoms with Gasteiger partial charge in [0, 0.05) is 0 Å². The van der Waals surface area contributed by atoms with Gasteiger partial charge in [-0.05, 0) is 5.56 Å². The molecule has 0 bridgehead atoms. The van der Waals surface area contributed by atoms with Crippen molar-refractivity contribution in [1.82, 2.24) is 0 Å². The third-order valence-corrected chi connectivity index (χ3v) is 1.95. The maximum Gasteiger partial charge on any atom is 0.225 e. The van der Waals surface area contributed by atoms with Crippen molar-refractivity contribution in [3.63, 3.8) is 0 Å². The molecular formula is C8H6Cl3F. The Bertz CT molecular complexity index is 242. The van der Waals surface area contributed by atoms with E-state index in [0.717, 1.165) is 0 Å². The number of hydrogen-bond donors (Lipinski definition) is 0. The fourth-order valence-electron chi connectivity index (χ4n) is 0.811. The van der Waals surface area contributed by atoms with Crippen LogP contribution in [0.2, 0.25) is 0 Å². The van der Waals surface area contributed by atoms with Gasteiger partial charge >= 0.3 is 0 Å². The van der Waals surface area contributed by atoms with Crippen molar-refractivity contribution in [3.8, 4) is 0 Å². The van der Waals surface area contributed by atoms with Crippen LogP contribution in [-0.2, 0) is 0 Å². The first-order chi connectivity index (χ1) is 5.52. The van der Waals surface area contributed by atoms with E-state index < -0.39 is 9.96 Å². The molecule has 0 saturated carbocycles. The van der Waals surface area contributed by atoms with Crippen LogP contribution in [0.4, 0.5) is 4.39 Å². The van der Waals surface area contributed by atoms with Crippen LogP contribution in [0.25, 0.3) is 0 Å². The average molecular weight is 227 g/mol. The molecule has 1 unspecified atom stereocenters. The minimum absolute atomic E-state index is 0.373. The maximum atomic E-state index is 13.2. The Labute approximate surface area is 85.2 Å². The van der Waals surface area contributed by atoms with Crippen molar-refractivity contribution in [1.29, 1.82) is 0 Å². The standard InChI is InChI=1S/C8H6Cl3F/c9-8(10,11)7(12)6-4-2-1-3-5-6/h1-5,7H. The molecular weight excluding hydrogens is 221 g/mol. The van der Waals surface area contributed by atoms with E-state index in [2.05, 4.69) is 0 Å². The molecule has 0 amide bonds. The van der Waals surface area contributed by atoms with E-state index in [1.54, 1.807) is 30.3 Å². The Morgan fingerprint density at radius 1 is 1.08 bits per heavy atom. The second-order valence-corrected chi connectivity index (χ2v) is 4.68. The Morgan fingerprint density at radius 3 is 2.00 bits per heavy atom. The molecule has 1 aromatic rings. The highest BCUT2D eigenvalue weighted by Crippen LogP contribution is 2.42. The number of alkyl halides is 4. The lowest BCUT2D eigenvalue weighted by Crippen LogP contribution is -2.11. The van der Waals surface area contributed by atoms with Gasteiger partial charge in [-0.2, -0.15) is 0 Å². The molecule has 0 heterocycles. The fraction of sp³-hybridized carbons (Fsp3) is 0.250. The predicted molar refractivity (Wildman–Crippen MR) is 50.6 cm³/mol. The van der Waals surface area contributed by atoms with E-state index in [9.17, 15) is 4.39 Å². The van der Waals surface area contributed by atoms with Crippen LogP contribution in [0, 0.1) is 0 Å². The molecule has 12 heavy (non-hydrogen) atoms. The van der Waals surface area contributed by atoms with Gasteiger partial charge in [-0.1, -0.05) is 65.1 Å². The van der Waals surface area contributed by atoms with Crippen LogP contribution in [-0.4, -0.2) is 3.79 Å². The number of halogens is 4. The molecule has 1 atom stereocenters. The zero-order valence-corrected chi connectivity index (χ0v) is 8.24. The monoisotopic (exact) mass is 226 g/mol. The molecule has 1 aromatic carbocycles. The van der Waals surface area contributed by atoms with Crippen LogP contribution in [0.15, 0.2) is 30.3 Å². The number of hydrogen-bond acceptors (Lipinski definition) is 0. The van der Waals surface area contributed by atoms with Crippen LogP contribution in [0.3, 0.4) is 0 Å². The molecule has 66 valence electrons. The van der Waals surface area contributed by atoms with Crippen molar-refractivity contribution in [2.45, 2.75) is 9.96 Å². The van der Waals surface area contributed by atoms with Crippen molar-refractivity contribution in [3.05, 3.63) is 35.9 Å². The summed E-state index contributed by atoms with van der Waals surface area (Å²) in [6.07, 6.45) is -1.58. The fourth-order valence-corrected chi connectivity index (χ4v) is 1.19. The third kappa shape index (κ3) is 2.51. The van der Waals surface area contributed by atoms with Gasteiger partial charge < -0.3 is 0 Å². The molecule has 1 rings (SSSR count). The van der Waals surface area contributed by atoms with Gasteiger partial charge in [0.05, 0.1) is 0 Å². The van der Waals surface area contributed by atoms with Gasteiger partial charge in [-0.15, -0.1) is 0 Å². The van der Waals surface area contributed by atoms with E-state index in [1.807, 2.05) is 0 Å². The number of benzene rings is 1. The second-order valence-electron chi connectivity index (χ2n) is 2.31. The molecule has 0 nitrogen and oxygen atoms in total. The summed E-state index contributed by atoms with van der Waals surface area (Å²) in [4.78, 5) is 0. The van der Waals surface area contributed by atoms with Crippen LogP contribution in [0.1, 0.15) is 11.7 Å². The summed E-state index contributed by atoms with van der Waals surface area (Å²) in [6, 6.07) is 8.31. The Morgan fingerprint density at radius 2 is 1.58 bits per heavy atom. The molecule has 0 spiro atoms. The highest BCUT2D eigenvalue weighted by atomic mass is 35.6. The molecule has 0 radical (unpaired) electrons. The first-order valence-electron chi connectivity index (χ1n) is 3.27. The molecule has 0 fully saturated rings. The predicted octanol–water partition coefficient (Wildman–Crippen LogP) is 4.07. The summed E-state index contributed by atoms with van der Waals surface area (Å²) in [5, 5.41) is 0. The van der Waals surface area contributed by atoms with Gasteiger partial charge in [0.15, 0.2) is 6.17 Å². The highest BCUT2D eigenvalue weighted by Gasteiger charge is 2.33. The third-order valence-electron chi connectivity index (χ3n) is 1.38. The summed E-state index contributed by atoms with van der Waals surface area (Å²) >= 11 is 16.1. The SMILES string of the molecule is FC(c1ccccc1)C(Cl)(Cl)Cl. The average Bonchev–Trinajstić information content (AvgIpc) is 2.03. The summed E-state index contributed by atoms with van der Waals surface area (Å²) in [6.45, 7) is 0. The first-order valence-corrected chi connectivity index (χ1v) is 4.41. The molecule has 0 aliphatic heterocycles. The molecule has 0 aliphatic rings. The molecule has 0 saturated heterocycles. The van der Waals surface area contributed by atoms with Crippen molar-refractivity contribution in [2.24, 2.45) is 0 Å². The lowest BCUT2D eigenvalue weighted by atomic mass is 10.1. The first kappa shape index (κ1) is 10.1. The summed E-state index contributed by atoms with van der Waals surface area (Å²) < 4.78 is 11.4. The van der Waals surface area contributed by atoms with Crippen molar-refractivity contribution in [2.75, 3.05) is 0 Å². The Kier molecular flexibility index (Phi) is 3.22. The van der Waals surface area contributed by atoms with Crippen LogP contribution in [0.5, 0.6) is 0 Å². The molecule has 0 N–H and O–H groups in total. The van der Waals surface area contributed by atoms with Crippen molar-refractivity contribution < 1.29 is 4.39 Å². The van der Waals surface area contributed by atoms with E-state index in [1.165, 1.54) is 0 Å². The quantitative estimate of drug-likeness (QED) is 0.635. The van der Waals surface area contributed by atoms with Gasteiger partial charge in [0.2, 0.25) is 3.79 Å². The van der Waals surface area contributed by atoms with E-state index in [4.69, 9.17) is 34.8 Å². The summed E-state index contributed by atoms with van der Waals surface area (Å²) in [7, 11) is 0. The van der Waals surface area contributed by atoms with E-state index in [0.29, 0.717) is 5.56 Å². The van der Waals surface area contributed by atoms with Crippen molar-refractivity contribution >= 4 is 34.8 Å². The van der Waals surface area contributed by atoms with Gasteiger partial charge in [0.25, 0.3) is 0 Å². The normalized spacial score (nSPS) is 14.3. The van der Waals surface area contributed by atoms with E-state index in [-0.39, 0.29) is 0 Å². The highest BCUT2D eigenvalue weighted by molar-refractivity contribution is 6.68. The zero-order chi connectivity index (χ0) is 9.19. The lowest BCUT2D eigenvalue weighted by Gasteiger charge is -2.16. The largest absolute Gasteiger partial charge is 0.238 e. The Balaban J connectivity index is 2.86. The lowest BCUT2D eigenvalue weighted by molar-refractivity contribution is 0.349. The van der Waals surface area contributed by atoms with Gasteiger partial charge in [-0.25, -0.2) is 4.39 Å². The zero-order valence-electron chi connectivity index (χ0n) is 5.98. The topological polar surface area (TPSA) is 0 Å². The Hall–Kier alpha value is 0.0200. The summed E-state index contributed by atoms with van der Waals surface area (Å²) in [5.41, 5.74) is 0.373. The summed E-state index contributed by atoms with van der Waals surface area (Å²) in [5.74, 6) is 0. The smallest absolute Gasteiger partial charge is 0.225 e. The molecule has 4 heteroatoms. The van der Waals surface area contributed by atoms with E-state index >= 15 is 0 Å². The number of rotatable bonds is 1. The molecule has 0 aliphatic carbocycles. The van der Waals surface area contributed by atoms with Gasteiger partial charge in [0.1, 0.15) is 0 Å². The van der Waals surface area contributed by atoms with Crippen LogP contribution >= 0.6 is 34.8 Å². The minimum Gasteiger partial charge on any atom is -0.238 e. The van der Waals surface area contributed by atoms with Crippen LogP contribution < -0.4 is 0 Å². The molecule has 0 aromatic heterocycles. The minimum atomic E-state index is -1.89. The van der Waals surface area contributed by atoms with Gasteiger partial charge in [-0.3, -0.25) is 0 Å². The second kappa shape index (κ2) is 3.82. The maximum absolute atomic E-state index is 13.2.